The molecule has 78 valence electrons. The minimum atomic E-state index is -0.214. The number of hydrogen-bond donors (Lipinski definition) is 1. The van der Waals surface area contributed by atoms with Gasteiger partial charge < -0.3 is 10.6 Å². The van der Waals surface area contributed by atoms with Gasteiger partial charge in [0.2, 0.25) is 5.91 Å². The van der Waals surface area contributed by atoms with E-state index < -0.39 is 0 Å². The van der Waals surface area contributed by atoms with Crippen molar-refractivity contribution >= 4 is 5.91 Å². The molecule has 0 radical (unpaired) electrons. The van der Waals surface area contributed by atoms with Crippen molar-refractivity contribution in [1.82, 2.24) is 4.90 Å². The lowest BCUT2D eigenvalue weighted by atomic mass is 10.1. The molecular formula is C10H22N2O. The van der Waals surface area contributed by atoms with Crippen LogP contribution in [-0.4, -0.2) is 29.9 Å². The van der Waals surface area contributed by atoms with Gasteiger partial charge in [-0.25, -0.2) is 0 Å². The van der Waals surface area contributed by atoms with E-state index in [0.717, 1.165) is 13.1 Å². The molecule has 1 amide bonds. The van der Waals surface area contributed by atoms with Crippen molar-refractivity contribution in [3.05, 3.63) is 0 Å². The van der Waals surface area contributed by atoms with Crippen LogP contribution in [0.2, 0.25) is 0 Å². The first-order valence-electron chi connectivity index (χ1n) is 4.95. The zero-order valence-corrected chi connectivity index (χ0v) is 9.21. The van der Waals surface area contributed by atoms with Crippen LogP contribution in [0.4, 0.5) is 0 Å². The van der Waals surface area contributed by atoms with Gasteiger partial charge in [0.1, 0.15) is 0 Å². The lowest BCUT2D eigenvalue weighted by Gasteiger charge is -2.27. The summed E-state index contributed by atoms with van der Waals surface area (Å²) in [5, 5.41) is 0. The van der Waals surface area contributed by atoms with E-state index in [2.05, 4.69) is 32.6 Å². The summed E-state index contributed by atoms with van der Waals surface area (Å²) in [7, 11) is 0. The van der Waals surface area contributed by atoms with Gasteiger partial charge in [0.15, 0.2) is 0 Å². The first kappa shape index (κ1) is 12.4. The van der Waals surface area contributed by atoms with Gasteiger partial charge >= 0.3 is 0 Å². The molecular weight excluding hydrogens is 164 g/mol. The Balaban J connectivity index is 3.87. The van der Waals surface area contributed by atoms with Crippen LogP contribution in [0.3, 0.4) is 0 Å². The van der Waals surface area contributed by atoms with Crippen LogP contribution in [0.25, 0.3) is 0 Å². The van der Waals surface area contributed by atoms with Crippen molar-refractivity contribution in [2.45, 2.75) is 40.2 Å². The molecule has 0 rings (SSSR count). The van der Waals surface area contributed by atoms with Crippen LogP contribution < -0.4 is 5.73 Å². The Morgan fingerprint density at radius 2 is 1.85 bits per heavy atom. The third-order valence-electron chi connectivity index (χ3n) is 1.98. The highest BCUT2D eigenvalue weighted by atomic mass is 16.1. The molecule has 0 aromatic carbocycles. The summed E-state index contributed by atoms with van der Waals surface area (Å²) < 4.78 is 0. The molecule has 0 unspecified atom stereocenters. The smallest absolute Gasteiger partial charge is 0.218 e. The highest BCUT2D eigenvalue weighted by Crippen LogP contribution is 2.04. The fraction of sp³-hybridized carbons (Fsp3) is 0.900. The Bertz CT molecular complexity index is 155. The molecule has 3 nitrogen and oxygen atoms in total. The molecule has 0 saturated carbocycles. The van der Waals surface area contributed by atoms with Crippen molar-refractivity contribution in [3.8, 4) is 0 Å². The van der Waals surface area contributed by atoms with Crippen LogP contribution in [0.1, 0.15) is 34.1 Å². The number of nitrogens with two attached hydrogens (primary N) is 1. The van der Waals surface area contributed by atoms with E-state index >= 15 is 0 Å². The molecule has 2 N–H and O–H groups in total. The average Bonchev–Trinajstić information content (AvgIpc) is 1.96. The summed E-state index contributed by atoms with van der Waals surface area (Å²) in [5.74, 6) is 0.421. The SMILES string of the molecule is CC(C)CN(CCC(N)=O)C(C)C. The predicted octanol–water partition coefficient (Wildman–Crippen LogP) is 1.23. The fourth-order valence-corrected chi connectivity index (χ4v) is 1.28. The number of amides is 1. The van der Waals surface area contributed by atoms with Crippen molar-refractivity contribution in [2.24, 2.45) is 11.7 Å². The zero-order valence-electron chi connectivity index (χ0n) is 9.21. The van der Waals surface area contributed by atoms with Crippen molar-refractivity contribution < 1.29 is 4.79 Å². The number of rotatable bonds is 6. The monoisotopic (exact) mass is 186 g/mol. The summed E-state index contributed by atoms with van der Waals surface area (Å²) in [5.41, 5.74) is 5.11. The number of primary amides is 1. The van der Waals surface area contributed by atoms with E-state index in [1.165, 1.54) is 0 Å². The van der Waals surface area contributed by atoms with Crippen molar-refractivity contribution in [2.75, 3.05) is 13.1 Å². The van der Waals surface area contributed by atoms with Gasteiger partial charge in [-0.15, -0.1) is 0 Å². The molecule has 0 heterocycles. The Morgan fingerprint density at radius 1 is 1.31 bits per heavy atom. The summed E-state index contributed by atoms with van der Waals surface area (Å²) in [6, 6.07) is 0.488. The second-order valence-electron chi connectivity index (χ2n) is 4.20. The molecule has 0 aromatic rings. The van der Waals surface area contributed by atoms with Crippen molar-refractivity contribution in [3.63, 3.8) is 0 Å². The summed E-state index contributed by atoms with van der Waals surface area (Å²) in [6.07, 6.45) is 0.463. The Labute approximate surface area is 81.3 Å². The molecule has 0 bridgehead atoms. The molecule has 0 spiro atoms. The van der Waals surface area contributed by atoms with Gasteiger partial charge in [-0.2, -0.15) is 0 Å². The molecule has 0 atom stereocenters. The Hall–Kier alpha value is -0.570. The molecule has 0 fully saturated rings. The molecule has 0 saturated heterocycles. The Kier molecular flexibility index (Phi) is 5.71. The van der Waals surface area contributed by atoms with Crippen LogP contribution in [0.15, 0.2) is 0 Å². The van der Waals surface area contributed by atoms with Crippen LogP contribution in [0, 0.1) is 5.92 Å². The quantitative estimate of drug-likeness (QED) is 0.678. The highest BCUT2D eigenvalue weighted by molar-refractivity contribution is 5.73. The zero-order chi connectivity index (χ0) is 10.4. The maximum absolute atomic E-state index is 10.6. The first-order valence-corrected chi connectivity index (χ1v) is 4.95. The Morgan fingerprint density at radius 3 is 2.15 bits per heavy atom. The topological polar surface area (TPSA) is 46.3 Å². The van der Waals surface area contributed by atoms with E-state index in [4.69, 9.17) is 5.73 Å². The summed E-state index contributed by atoms with van der Waals surface area (Å²) >= 11 is 0. The maximum atomic E-state index is 10.6. The van der Waals surface area contributed by atoms with Crippen LogP contribution in [0.5, 0.6) is 0 Å². The largest absolute Gasteiger partial charge is 0.370 e. The number of nitrogens with zero attached hydrogens (tertiary/aromatic N) is 1. The normalized spacial score (nSPS) is 11.6. The number of carbonyl (C=O) groups is 1. The second-order valence-corrected chi connectivity index (χ2v) is 4.20. The summed E-state index contributed by atoms with van der Waals surface area (Å²) in [6.45, 7) is 10.5. The molecule has 0 aliphatic heterocycles. The van der Waals surface area contributed by atoms with Gasteiger partial charge in [-0.05, 0) is 19.8 Å². The van der Waals surface area contributed by atoms with E-state index in [1.807, 2.05) is 0 Å². The second kappa shape index (κ2) is 5.97. The lowest BCUT2D eigenvalue weighted by Crippen LogP contribution is -2.36. The standard InChI is InChI=1S/C10H22N2O/c1-8(2)7-12(9(3)4)6-5-10(11)13/h8-9H,5-7H2,1-4H3,(H2,11,13). The maximum Gasteiger partial charge on any atom is 0.218 e. The van der Waals surface area contributed by atoms with Gasteiger partial charge in [0, 0.05) is 25.6 Å². The third-order valence-corrected chi connectivity index (χ3v) is 1.98. The van der Waals surface area contributed by atoms with Crippen LogP contribution >= 0.6 is 0 Å². The van der Waals surface area contributed by atoms with Gasteiger partial charge in [-0.3, -0.25) is 4.79 Å². The minimum absolute atomic E-state index is 0.214. The number of hydrogen-bond acceptors (Lipinski definition) is 2. The van der Waals surface area contributed by atoms with Gasteiger partial charge in [0.25, 0.3) is 0 Å². The van der Waals surface area contributed by atoms with E-state index in [1.54, 1.807) is 0 Å². The molecule has 0 aromatic heterocycles. The highest BCUT2D eigenvalue weighted by Gasteiger charge is 2.11. The third kappa shape index (κ3) is 6.58. The van der Waals surface area contributed by atoms with Crippen molar-refractivity contribution in [1.29, 1.82) is 0 Å². The summed E-state index contributed by atoms with van der Waals surface area (Å²) in [4.78, 5) is 12.9. The predicted molar refractivity (Wildman–Crippen MR) is 55.4 cm³/mol. The minimum Gasteiger partial charge on any atom is -0.370 e. The van der Waals surface area contributed by atoms with E-state index in [9.17, 15) is 4.79 Å². The number of carbonyl (C=O) groups excluding carboxylic acids is 1. The van der Waals surface area contributed by atoms with E-state index in [0.29, 0.717) is 18.4 Å². The average molecular weight is 186 g/mol. The van der Waals surface area contributed by atoms with Gasteiger partial charge in [-0.1, -0.05) is 13.8 Å². The first-order chi connectivity index (χ1) is 5.93. The van der Waals surface area contributed by atoms with Gasteiger partial charge in [0.05, 0.1) is 0 Å². The molecule has 3 heteroatoms. The fourth-order valence-electron chi connectivity index (χ4n) is 1.28. The van der Waals surface area contributed by atoms with Crippen LogP contribution in [-0.2, 0) is 4.79 Å². The molecule has 0 aliphatic rings. The molecule has 13 heavy (non-hydrogen) atoms. The van der Waals surface area contributed by atoms with E-state index in [-0.39, 0.29) is 5.91 Å². The lowest BCUT2D eigenvalue weighted by molar-refractivity contribution is -0.118. The molecule has 0 aliphatic carbocycles.